The summed E-state index contributed by atoms with van der Waals surface area (Å²) in [6, 6.07) is 7.43. The summed E-state index contributed by atoms with van der Waals surface area (Å²) in [6.07, 6.45) is 0. The predicted octanol–water partition coefficient (Wildman–Crippen LogP) is 0.455. The van der Waals surface area contributed by atoms with Crippen LogP contribution in [-0.2, 0) is 14.8 Å². The third kappa shape index (κ3) is 5.45. The molecule has 1 atom stereocenters. The molecule has 6 nitrogen and oxygen atoms in total. The van der Waals surface area contributed by atoms with Gasteiger partial charge in [-0.05, 0) is 17.5 Å². The Morgan fingerprint density at radius 1 is 1.19 bits per heavy atom. The van der Waals surface area contributed by atoms with Crippen molar-refractivity contribution in [1.82, 2.24) is 10.0 Å². The number of hydrogen-bond acceptors (Lipinski definition) is 4. The molecule has 0 saturated heterocycles. The summed E-state index contributed by atoms with van der Waals surface area (Å²) in [6.45, 7) is 5.91. The number of carbonyl (C=O) groups is 1. The SMILES string of the molecule is CC(C)(C)[C@H](N)C(=O)NCCNS(=O)(=O)c1ccccc1. The van der Waals surface area contributed by atoms with Gasteiger partial charge in [0.1, 0.15) is 0 Å². The lowest BCUT2D eigenvalue weighted by Crippen LogP contribution is -2.49. The lowest BCUT2D eigenvalue weighted by molar-refractivity contribution is -0.124. The summed E-state index contributed by atoms with van der Waals surface area (Å²) >= 11 is 0. The van der Waals surface area contributed by atoms with Gasteiger partial charge in [0.05, 0.1) is 10.9 Å². The van der Waals surface area contributed by atoms with Crippen molar-refractivity contribution in [2.75, 3.05) is 13.1 Å². The normalized spacial score (nSPS) is 13.7. The first kappa shape index (κ1) is 17.6. The van der Waals surface area contributed by atoms with Crippen molar-refractivity contribution in [3.05, 3.63) is 30.3 Å². The van der Waals surface area contributed by atoms with Crippen LogP contribution in [0.2, 0.25) is 0 Å². The number of benzene rings is 1. The minimum Gasteiger partial charge on any atom is -0.353 e. The molecule has 0 bridgehead atoms. The van der Waals surface area contributed by atoms with Crippen LogP contribution >= 0.6 is 0 Å². The van der Waals surface area contributed by atoms with E-state index in [2.05, 4.69) is 10.0 Å². The Hall–Kier alpha value is -1.44. The minimum atomic E-state index is -3.54. The Morgan fingerprint density at radius 3 is 2.29 bits per heavy atom. The number of amides is 1. The summed E-state index contributed by atoms with van der Waals surface area (Å²) in [5.41, 5.74) is 5.46. The van der Waals surface area contributed by atoms with E-state index in [0.717, 1.165) is 0 Å². The largest absolute Gasteiger partial charge is 0.353 e. The summed E-state index contributed by atoms with van der Waals surface area (Å²) < 4.78 is 26.3. The minimum absolute atomic E-state index is 0.111. The first-order valence-electron chi connectivity index (χ1n) is 6.72. The fourth-order valence-corrected chi connectivity index (χ4v) is 2.61. The second kappa shape index (κ2) is 7.02. The molecule has 7 heteroatoms. The van der Waals surface area contributed by atoms with Gasteiger partial charge in [-0.2, -0.15) is 0 Å². The summed E-state index contributed by atoms with van der Waals surface area (Å²) in [7, 11) is -3.54. The van der Waals surface area contributed by atoms with E-state index in [0.29, 0.717) is 0 Å². The third-order valence-corrected chi connectivity index (χ3v) is 4.46. The molecule has 0 saturated carbocycles. The summed E-state index contributed by atoms with van der Waals surface area (Å²) in [5.74, 6) is -0.290. The van der Waals surface area contributed by atoms with E-state index in [1.54, 1.807) is 18.2 Å². The molecule has 0 radical (unpaired) electrons. The molecular formula is C14H23N3O3S. The van der Waals surface area contributed by atoms with E-state index in [-0.39, 0.29) is 29.3 Å². The molecule has 21 heavy (non-hydrogen) atoms. The number of carbonyl (C=O) groups excluding carboxylic acids is 1. The molecule has 0 unspecified atom stereocenters. The average Bonchev–Trinajstić information content (AvgIpc) is 2.42. The predicted molar refractivity (Wildman–Crippen MR) is 82.1 cm³/mol. The van der Waals surface area contributed by atoms with Gasteiger partial charge in [0.15, 0.2) is 0 Å². The first-order chi connectivity index (χ1) is 9.64. The van der Waals surface area contributed by atoms with Crippen molar-refractivity contribution in [3.8, 4) is 0 Å². The fourth-order valence-electron chi connectivity index (χ4n) is 1.56. The van der Waals surface area contributed by atoms with E-state index in [1.165, 1.54) is 12.1 Å². The number of nitrogens with two attached hydrogens (primary N) is 1. The van der Waals surface area contributed by atoms with Crippen molar-refractivity contribution < 1.29 is 13.2 Å². The van der Waals surface area contributed by atoms with E-state index >= 15 is 0 Å². The van der Waals surface area contributed by atoms with E-state index in [9.17, 15) is 13.2 Å². The Kier molecular flexibility index (Phi) is 5.88. The molecular weight excluding hydrogens is 290 g/mol. The maximum absolute atomic E-state index is 11.9. The topological polar surface area (TPSA) is 101 Å². The smallest absolute Gasteiger partial charge is 0.240 e. The first-order valence-corrected chi connectivity index (χ1v) is 8.21. The lowest BCUT2D eigenvalue weighted by Gasteiger charge is -2.25. The molecule has 0 spiro atoms. The van der Waals surface area contributed by atoms with Gasteiger partial charge in [-0.25, -0.2) is 13.1 Å². The van der Waals surface area contributed by atoms with E-state index in [4.69, 9.17) is 5.73 Å². The molecule has 1 amide bonds. The quantitative estimate of drug-likeness (QED) is 0.664. The highest BCUT2D eigenvalue weighted by atomic mass is 32.2. The highest BCUT2D eigenvalue weighted by molar-refractivity contribution is 7.89. The van der Waals surface area contributed by atoms with Gasteiger partial charge in [-0.15, -0.1) is 0 Å². The number of nitrogens with one attached hydrogen (secondary N) is 2. The van der Waals surface area contributed by atoms with Crippen LogP contribution in [0, 0.1) is 5.41 Å². The van der Waals surface area contributed by atoms with Gasteiger partial charge >= 0.3 is 0 Å². The highest BCUT2D eigenvalue weighted by Gasteiger charge is 2.27. The molecule has 1 aromatic carbocycles. The van der Waals surface area contributed by atoms with Crippen LogP contribution in [0.4, 0.5) is 0 Å². The average molecular weight is 313 g/mol. The maximum Gasteiger partial charge on any atom is 0.240 e. The highest BCUT2D eigenvalue weighted by Crippen LogP contribution is 2.16. The molecule has 4 N–H and O–H groups in total. The van der Waals surface area contributed by atoms with Gasteiger partial charge < -0.3 is 11.1 Å². The Balaban J connectivity index is 2.43. The molecule has 0 aliphatic heterocycles. The third-order valence-electron chi connectivity index (χ3n) is 2.99. The van der Waals surface area contributed by atoms with Gasteiger partial charge in [-0.1, -0.05) is 39.0 Å². The van der Waals surface area contributed by atoms with E-state index < -0.39 is 16.1 Å². The maximum atomic E-state index is 11.9. The lowest BCUT2D eigenvalue weighted by atomic mass is 9.87. The Bertz CT molecular complexity index is 565. The van der Waals surface area contributed by atoms with Crippen LogP contribution in [0.25, 0.3) is 0 Å². The molecule has 1 aromatic rings. The van der Waals surface area contributed by atoms with Crippen LogP contribution in [-0.4, -0.2) is 33.5 Å². The van der Waals surface area contributed by atoms with Crippen molar-refractivity contribution in [2.24, 2.45) is 11.1 Å². The second-order valence-corrected chi connectivity index (χ2v) is 7.61. The van der Waals surface area contributed by atoms with Crippen LogP contribution in [0.5, 0.6) is 0 Å². The summed E-state index contributed by atoms with van der Waals surface area (Å²) in [4.78, 5) is 12.0. The van der Waals surface area contributed by atoms with Crippen LogP contribution in [0.1, 0.15) is 20.8 Å². The zero-order valence-electron chi connectivity index (χ0n) is 12.6. The van der Waals surface area contributed by atoms with Crippen molar-refractivity contribution in [1.29, 1.82) is 0 Å². The second-order valence-electron chi connectivity index (χ2n) is 5.85. The van der Waals surface area contributed by atoms with Gasteiger partial charge in [-0.3, -0.25) is 4.79 Å². The number of hydrogen-bond donors (Lipinski definition) is 3. The van der Waals surface area contributed by atoms with Crippen LogP contribution < -0.4 is 15.8 Å². The monoisotopic (exact) mass is 313 g/mol. The standard InChI is InChI=1S/C14H23N3O3S/c1-14(2,3)12(15)13(18)16-9-10-17-21(19,20)11-7-5-4-6-8-11/h4-8,12,17H,9-10,15H2,1-3H3,(H,16,18)/t12-/m1/s1. The Labute approximate surface area is 126 Å². The van der Waals surface area contributed by atoms with E-state index in [1.807, 2.05) is 20.8 Å². The molecule has 1 rings (SSSR count). The molecule has 0 aliphatic carbocycles. The zero-order chi connectivity index (χ0) is 16.1. The summed E-state index contributed by atoms with van der Waals surface area (Å²) in [5, 5.41) is 2.62. The van der Waals surface area contributed by atoms with Gasteiger partial charge in [0.2, 0.25) is 15.9 Å². The van der Waals surface area contributed by atoms with Crippen molar-refractivity contribution in [2.45, 2.75) is 31.7 Å². The molecule has 118 valence electrons. The van der Waals surface area contributed by atoms with Crippen LogP contribution in [0.15, 0.2) is 35.2 Å². The van der Waals surface area contributed by atoms with Gasteiger partial charge in [0, 0.05) is 13.1 Å². The number of rotatable bonds is 6. The Morgan fingerprint density at radius 2 is 1.76 bits per heavy atom. The van der Waals surface area contributed by atoms with Gasteiger partial charge in [0.25, 0.3) is 0 Å². The van der Waals surface area contributed by atoms with Crippen molar-refractivity contribution >= 4 is 15.9 Å². The molecule has 0 heterocycles. The van der Waals surface area contributed by atoms with Crippen LogP contribution in [0.3, 0.4) is 0 Å². The number of sulfonamides is 1. The zero-order valence-corrected chi connectivity index (χ0v) is 13.4. The van der Waals surface area contributed by atoms with Crippen molar-refractivity contribution in [3.63, 3.8) is 0 Å². The molecule has 0 aromatic heterocycles. The fraction of sp³-hybridized carbons (Fsp3) is 0.500. The molecule has 0 aliphatic rings. The molecule has 0 fully saturated rings.